The van der Waals surface area contributed by atoms with E-state index >= 15 is 0 Å². The molecule has 1 saturated heterocycles. The Bertz CT molecular complexity index is 557. The highest BCUT2D eigenvalue weighted by atomic mass is 16.5. The normalized spacial score (nSPS) is 14.8. The number of hydrogen-bond donors (Lipinski definition) is 0. The van der Waals surface area contributed by atoms with Crippen LogP contribution in [0.15, 0.2) is 40.9 Å². The average molecular weight is 256 g/mol. The van der Waals surface area contributed by atoms with Crippen LogP contribution in [0.5, 0.6) is 0 Å². The summed E-state index contributed by atoms with van der Waals surface area (Å²) in [5.41, 5.74) is 1.69. The van der Waals surface area contributed by atoms with Crippen LogP contribution in [0.25, 0.3) is 11.3 Å². The lowest BCUT2D eigenvalue weighted by Gasteiger charge is -2.13. The van der Waals surface area contributed by atoms with Crippen molar-refractivity contribution in [2.24, 2.45) is 0 Å². The second-order valence-corrected chi connectivity index (χ2v) is 4.81. The standard InChI is InChI=1S/C15H16N2O2/c18-15(17-8-4-5-9-17)11-13-10-14(19-16-13)12-6-2-1-3-7-12/h1-3,6-7,10H,4-5,8-9,11H2. The Kier molecular flexibility index (Phi) is 3.31. The van der Waals surface area contributed by atoms with Crippen LogP contribution in [0.3, 0.4) is 0 Å². The van der Waals surface area contributed by atoms with E-state index in [0.29, 0.717) is 17.9 Å². The number of rotatable bonds is 3. The zero-order valence-corrected chi connectivity index (χ0v) is 10.7. The van der Waals surface area contributed by atoms with E-state index in [4.69, 9.17) is 4.52 Å². The van der Waals surface area contributed by atoms with Crippen LogP contribution in [0.1, 0.15) is 18.5 Å². The molecule has 2 heterocycles. The Hall–Kier alpha value is -2.10. The first-order chi connectivity index (χ1) is 9.33. The van der Waals surface area contributed by atoms with Crippen LogP contribution in [0, 0.1) is 0 Å². The van der Waals surface area contributed by atoms with Gasteiger partial charge in [-0.1, -0.05) is 35.5 Å². The van der Waals surface area contributed by atoms with E-state index in [1.54, 1.807) is 0 Å². The van der Waals surface area contributed by atoms with Gasteiger partial charge in [-0.15, -0.1) is 0 Å². The summed E-state index contributed by atoms with van der Waals surface area (Å²) in [6.07, 6.45) is 2.55. The quantitative estimate of drug-likeness (QED) is 0.847. The zero-order valence-electron chi connectivity index (χ0n) is 10.7. The Balaban J connectivity index is 1.70. The van der Waals surface area contributed by atoms with Crippen LogP contribution in [0.2, 0.25) is 0 Å². The second-order valence-electron chi connectivity index (χ2n) is 4.81. The lowest BCUT2D eigenvalue weighted by atomic mass is 10.1. The predicted molar refractivity (Wildman–Crippen MR) is 71.5 cm³/mol. The summed E-state index contributed by atoms with van der Waals surface area (Å²) >= 11 is 0. The fourth-order valence-corrected chi connectivity index (χ4v) is 2.37. The summed E-state index contributed by atoms with van der Waals surface area (Å²) in [5, 5.41) is 3.98. The first kappa shape index (κ1) is 12.0. The van der Waals surface area contributed by atoms with Crippen LogP contribution in [-0.4, -0.2) is 29.1 Å². The molecule has 1 aromatic heterocycles. The molecule has 1 aromatic carbocycles. The number of aromatic nitrogens is 1. The highest BCUT2D eigenvalue weighted by Crippen LogP contribution is 2.20. The molecule has 2 aromatic rings. The summed E-state index contributed by atoms with van der Waals surface area (Å²) in [7, 11) is 0. The van der Waals surface area contributed by atoms with E-state index in [-0.39, 0.29) is 5.91 Å². The number of amides is 1. The molecule has 4 heteroatoms. The minimum atomic E-state index is 0.144. The van der Waals surface area contributed by atoms with E-state index < -0.39 is 0 Å². The van der Waals surface area contributed by atoms with Gasteiger partial charge >= 0.3 is 0 Å². The molecule has 19 heavy (non-hydrogen) atoms. The summed E-state index contributed by atoms with van der Waals surface area (Å²) < 4.78 is 5.29. The average Bonchev–Trinajstić information content (AvgIpc) is 3.11. The molecule has 0 atom stereocenters. The maximum Gasteiger partial charge on any atom is 0.228 e. The molecule has 3 rings (SSSR count). The van der Waals surface area contributed by atoms with Crippen molar-refractivity contribution in [1.29, 1.82) is 0 Å². The molecule has 0 saturated carbocycles. The van der Waals surface area contributed by atoms with Gasteiger partial charge in [-0.2, -0.15) is 0 Å². The third-order valence-electron chi connectivity index (χ3n) is 3.41. The van der Waals surface area contributed by atoms with Crippen molar-refractivity contribution < 1.29 is 9.32 Å². The highest BCUT2D eigenvalue weighted by Gasteiger charge is 2.19. The number of hydrogen-bond acceptors (Lipinski definition) is 3. The van der Waals surface area contributed by atoms with E-state index in [9.17, 15) is 4.79 Å². The maximum atomic E-state index is 12.0. The van der Waals surface area contributed by atoms with Crippen molar-refractivity contribution in [2.75, 3.05) is 13.1 Å². The van der Waals surface area contributed by atoms with E-state index in [2.05, 4.69) is 5.16 Å². The molecule has 98 valence electrons. The van der Waals surface area contributed by atoms with Gasteiger partial charge in [-0.05, 0) is 12.8 Å². The van der Waals surface area contributed by atoms with E-state index in [1.807, 2.05) is 41.3 Å². The molecule has 1 amide bonds. The fraction of sp³-hybridized carbons (Fsp3) is 0.333. The fourth-order valence-electron chi connectivity index (χ4n) is 2.37. The molecule has 1 aliphatic heterocycles. The zero-order chi connectivity index (χ0) is 13.1. The summed E-state index contributed by atoms with van der Waals surface area (Å²) in [5.74, 6) is 0.857. The lowest BCUT2D eigenvalue weighted by molar-refractivity contribution is -0.129. The van der Waals surface area contributed by atoms with Gasteiger partial charge in [-0.25, -0.2) is 0 Å². The molecule has 0 aliphatic carbocycles. The Morgan fingerprint density at radius 3 is 2.68 bits per heavy atom. The molecule has 0 unspecified atom stereocenters. The summed E-state index contributed by atoms with van der Waals surface area (Å²) in [6.45, 7) is 1.75. The van der Waals surface area contributed by atoms with Crippen molar-refractivity contribution >= 4 is 5.91 Å². The number of carbonyl (C=O) groups excluding carboxylic acids is 1. The van der Waals surface area contributed by atoms with Crippen molar-refractivity contribution in [3.8, 4) is 11.3 Å². The maximum absolute atomic E-state index is 12.0. The lowest BCUT2D eigenvalue weighted by Crippen LogP contribution is -2.29. The third kappa shape index (κ3) is 2.67. The number of carbonyl (C=O) groups is 1. The molecule has 0 spiro atoms. The van der Waals surface area contributed by atoms with Crippen molar-refractivity contribution in [3.63, 3.8) is 0 Å². The van der Waals surface area contributed by atoms with Gasteiger partial charge in [0.15, 0.2) is 5.76 Å². The minimum Gasteiger partial charge on any atom is -0.356 e. The number of benzene rings is 1. The molecule has 4 nitrogen and oxygen atoms in total. The van der Waals surface area contributed by atoms with Gasteiger partial charge < -0.3 is 9.42 Å². The number of likely N-dealkylation sites (tertiary alicyclic amines) is 1. The van der Waals surface area contributed by atoms with Gasteiger partial charge in [-0.3, -0.25) is 4.79 Å². The molecular weight excluding hydrogens is 240 g/mol. The first-order valence-electron chi connectivity index (χ1n) is 6.62. The van der Waals surface area contributed by atoms with Gasteiger partial charge in [0.2, 0.25) is 5.91 Å². The van der Waals surface area contributed by atoms with E-state index in [1.165, 1.54) is 0 Å². The Morgan fingerprint density at radius 2 is 1.95 bits per heavy atom. The van der Waals surface area contributed by atoms with Crippen molar-refractivity contribution in [1.82, 2.24) is 10.1 Å². The third-order valence-corrected chi connectivity index (χ3v) is 3.41. The Morgan fingerprint density at radius 1 is 1.21 bits per heavy atom. The molecule has 1 aliphatic rings. The van der Waals surface area contributed by atoms with Gasteiger partial charge in [0, 0.05) is 24.7 Å². The largest absolute Gasteiger partial charge is 0.356 e. The highest BCUT2D eigenvalue weighted by molar-refractivity contribution is 5.78. The first-order valence-corrected chi connectivity index (χ1v) is 6.62. The molecule has 0 radical (unpaired) electrons. The minimum absolute atomic E-state index is 0.144. The van der Waals surface area contributed by atoms with Gasteiger partial charge in [0.05, 0.1) is 12.1 Å². The van der Waals surface area contributed by atoms with Crippen LogP contribution >= 0.6 is 0 Å². The van der Waals surface area contributed by atoms with Crippen molar-refractivity contribution in [3.05, 3.63) is 42.1 Å². The predicted octanol–water partition coefficient (Wildman–Crippen LogP) is 2.51. The SMILES string of the molecule is O=C(Cc1cc(-c2ccccc2)on1)N1CCCC1. The van der Waals surface area contributed by atoms with Gasteiger partial charge in [0.25, 0.3) is 0 Å². The molecular formula is C15H16N2O2. The van der Waals surface area contributed by atoms with Gasteiger partial charge in [0.1, 0.15) is 0 Å². The summed E-state index contributed by atoms with van der Waals surface area (Å²) in [6, 6.07) is 11.6. The smallest absolute Gasteiger partial charge is 0.228 e. The van der Waals surface area contributed by atoms with Crippen LogP contribution in [0.4, 0.5) is 0 Å². The van der Waals surface area contributed by atoms with E-state index in [0.717, 1.165) is 31.5 Å². The monoisotopic (exact) mass is 256 g/mol. The van der Waals surface area contributed by atoms with Crippen LogP contribution in [-0.2, 0) is 11.2 Å². The van der Waals surface area contributed by atoms with Crippen molar-refractivity contribution in [2.45, 2.75) is 19.3 Å². The summed E-state index contributed by atoms with van der Waals surface area (Å²) in [4.78, 5) is 13.9. The Labute approximate surface area is 112 Å². The topological polar surface area (TPSA) is 46.3 Å². The van der Waals surface area contributed by atoms with Crippen LogP contribution < -0.4 is 0 Å². The molecule has 1 fully saturated rings. The second kappa shape index (κ2) is 5.26. The number of nitrogens with zero attached hydrogens (tertiary/aromatic N) is 2. The molecule has 0 bridgehead atoms. The molecule has 0 N–H and O–H groups in total.